The van der Waals surface area contributed by atoms with E-state index in [2.05, 4.69) is 43.0 Å². The second kappa shape index (κ2) is 7.10. The van der Waals surface area contributed by atoms with Gasteiger partial charge < -0.3 is 5.32 Å². The maximum absolute atomic E-state index is 12.1. The summed E-state index contributed by atoms with van der Waals surface area (Å²) in [5.41, 5.74) is 2.48. The number of aromatic nitrogens is 4. The van der Waals surface area contributed by atoms with Crippen molar-refractivity contribution < 1.29 is 8.42 Å². The van der Waals surface area contributed by atoms with E-state index in [0.29, 0.717) is 11.6 Å². The lowest BCUT2D eigenvalue weighted by molar-refractivity contribution is 0.591. The van der Waals surface area contributed by atoms with Gasteiger partial charge in [-0.3, -0.25) is 0 Å². The molecule has 7 nitrogen and oxygen atoms in total. The zero-order chi connectivity index (χ0) is 19.1. The molecule has 3 aromatic rings. The van der Waals surface area contributed by atoms with Crippen molar-refractivity contribution >= 4 is 44.0 Å². The Bertz CT molecular complexity index is 1060. The summed E-state index contributed by atoms with van der Waals surface area (Å²) < 4.78 is 26.8. The molecule has 0 aliphatic carbocycles. The molecule has 0 unspecified atom stereocenters. The summed E-state index contributed by atoms with van der Waals surface area (Å²) in [6.07, 6.45) is 2.82. The number of sulfone groups is 1. The topological polar surface area (TPSA) is 89.2 Å². The van der Waals surface area contributed by atoms with Gasteiger partial charge >= 0.3 is 0 Å². The Hall–Kier alpha value is -1.75. The van der Waals surface area contributed by atoms with E-state index in [1.54, 1.807) is 10.7 Å². The standard InChI is InChI=1S/C17H20IN5O2S/c1-10(2)13-9-19-23-15(13)21-17(26(4,24)25)22-16(23)20-11(3)12-7-5-6-8-14(12)18/h5-11H,1-4H3,(H,20,21,22)/t11-/m0/s1. The summed E-state index contributed by atoms with van der Waals surface area (Å²) in [6.45, 7) is 6.03. The molecule has 0 fully saturated rings. The van der Waals surface area contributed by atoms with Crippen molar-refractivity contribution in [2.24, 2.45) is 0 Å². The molecule has 0 amide bonds. The van der Waals surface area contributed by atoms with Crippen LogP contribution in [-0.4, -0.2) is 34.3 Å². The zero-order valence-corrected chi connectivity index (χ0v) is 17.9. The first kappa shape index (κ1) is 19.0. The van der Waals surface area contributed by atoms with E-state index in [0.717, 1.165) is 21.0 Å². The molecule has 0 radical (unpaired) electrons. The Labute approximate surface area is 166 Å². The van der Waals surface area contributed by atoms with E-state index in [9.17, 15) is 8.42 Å². The fraction of sp³-hybridized carbons (Fsp3) is 0.353. The minimum Gasteiger partial charge on any atom is -0.347 e. The normalized spacial score (nSPS) is 13.3. The monoisotopic (exact) mass is 485 g/mol. The van der Waals surface area contributed by atoms with Gasteiger partial charge in [0.2, 0.25) is 15.8 Å². The van der Waals surface area contributed by atoms with Gasteiger partial charge in [0, 0.05) is 15.4 Å². The lowest BCUT2D eigenvalue weighted by Gasteiger charge is -2.17. The Kier molecular flexibility index (Phi) is 5.20. The summed E-state index contributed by atoms with van der Waals surface area (Å²) >= 11 is 2.28. The van der Waals surface area contributed by atoms with Crippen LogP contribution in [0, 0.1) is 3.57 Å². The first-order valence-electron chi connectivity index (χ1n) is 8.15. The van der Waals surface area contributed by atoms with Gasteiger partial charge in [0.15, 0.2) is 5.65 Å². The van der Waals surface area contributed by atoms with Crippen LogP contribution in [0.1, 0.15) is 43.9 Å². The molecule has 0 aliphatic rings. The van der Waals surface area contributed by atoms with Gasteiger partial charge in [-0.25, -0.2) is 8.42 Å². The average molecular weight is 485 g/mol. The van der Waals surface area contributed by atoms with Crippen molar-refractivity contribution in [3.8, 4) is 0 Å². The number of rotatable bonds is 5. The third-order valence-corrected chi connectivity index (χ3v) is 5.87. The summed E-state index contributed by atoms with van der Waals surface area (Å²) in [5, 5.41) is 7.45. The molecule has 0 saturated heterocycles. The molecule has 1 atom stereocenters. The van der Waals surface area contributed by atoms with Gasteiger partial charge in [0.05, 0.1) is 12.2 Å². The van der Waals surface area contributed by atoms with Crippen molar-refractivity contribution in [3.63, 3.8) is 0 Å². The number of nitrogens with one attached hydrogen (secondary N) is 1. The number of nitrogens with zero attached hydrogens (tertiary/aromatic N) is 4. The van der Waals surface area contributed by atoms with Crippen molar-refractivity contribution in [3.05, 3.63) is 45.2 Å². The van der Waals surface area contributed by atoms with Gasteiger partial charge in [-0.15, -0.1) is 0 Å². The van der Waals surface area contributed by atoms with Crippen molar-refractivity contribution in [1.82, 2.24) is 19.6 Å². The predicted octanol–water partition coefficient (Wildman–Crippen LogP) is 3.43. The van der Waals surface area contributed by atoms with Gasteiger partial charge in [0.25, 0.3) is 5.16 Å². The number of anilines is 1. The highest BCUT2D eigenvalue weighted by Gasteiger charge is 2.21. The van der Waals surface area contributed by atoms with Crippen LogP contribution in [0.15, 0.2) is 35.6 Å². The Morgan fingerprint density at radius 1 is 1.12 bits per heavy atom. The van der Waals surface area contributed by atoms with Gasteiger partial charge in [-0.1, -0.05) is 32.0 Å². The lowest BCUT2D eigenvalue weighted by atomic mass is 10.1. The maximum atomic E-state index is 12.1. The first-order valence-corrected chi connectivity index (χ1v) is 11.1. The molecule has 138 valence electrons. The van der Waals surface area contributed by atoms with Crippen LogP contribution in [0.5, 0.6) is 0 Å². The van der Waals surface area contributed by atoms with Crippen LogP contribution in [-0.2, 0) is 9.84 Å². The average Bonchev–Trinajstić information content (AvgIpc) is 2.98. The van der Waals surface area contributed by atoms with Gasteiger partial charge in [0.1, 0.15) is 0 Å². The third kappa shape index (κ3) is 3.68. The van der Waals surface area contributed by atoms with E-state index in [-0.39, 0.29) is 17.1 Å². The fourth-order valence-corrected chi connectivity index (χ4v) is 4.00. The Morgan fingerprint density at radius 2 is 1.81 bits per heavy atom. The van der Waals surface area contributed by atoms with Crippen LogP contribution >= 0.6 is 22.6 Å². The largest absolute Gasteiger partial charge is 0.347 e. The van der Waals surface area contributed by atoms with E-state index in [1.807, 2.05) is 45.0 Å². The highest BCUT2D eigenvalue weighted by Crippen LogP contribution is 2.26. The molecular weight excluding hydrogens is 465 g/mol. The molecule has 3 rings (SSSR count). The number of hydrogen-bond donors (Lipinski definition) is 1. The van der Waals surface area contributed by atoms with E-state index < -0.39 is 9.84 Å². The molecule has 0 bridgehead atoms. The summed E-state index contributed by atoms with van der Waals surface area (Å²) in [5.74, 6) is 0.518. The smallest absolute Gasteiger partial charge is 0.252 e. The zero-order valence-electron chi connectivity index (χ0n) is 14.9. The van der Waals surface area contributed by atoms with Crippen LogP contribution < -0.4 is 5.32 Å². The van der Waals surface area contributed by atoms with Crippen molar-refractivity contribution in [2.45, 2.75) is 37.9 Å². The van der Waals surface area contributed by atoms with Crippen LogP contribution in [0.4, 0.5) is 5.95 Å². The molecule has 0 aliphatic heterocycles. The summed E-state index contributed by atoms with van der Waals surface area (Å²) in [4.78, 5) is 8.47. The van der Waals surface area contributed by atoms with E-state index in [1.165, 1.54) is 0 Å². The summed E-state index contributed by atoms with van der Waals surface area (Å²) in [7, 11) is -3.55. The van der Waals surface area contributed by atoms with E-state index >= 15 is 0 Å². The predicted molar refractivity (Wildman–Crippen MR) is 109 cm³/mol. The number of halogens is 1. The Balaban J connectivity index is 2.14. The SMILES string of the molecule is CC(C)c1cnn2c(N[C@@H](C)c3ccccc3I)nc(S(C)(=O)=O)nc12. The number of benzene rings is 1. The molecule has 2 aromatic heterocycles. The highest BCUT2D eigenvalue weighted by atomic mass is 127. The van der Waals surface area contributed by atoms with Crippen LogP contribution in [0.3, 0.4) is 0 Å². The van der Waals surface area contributed by atoms with Crippen molar-refractivity contribution in [1.29, 1.82) is 0 Å². The first-order chi connectivity index (χ1) is 12.2. The molecule has 26 heavy (non-hydrogen) atoms. The Morgan fingerprint density at radius 3 is 2.42 bits per heavy atom. The molecule has 1 aromatic carbocycles. The molecule has 9 heteroatoms. The number of fused-ring (bicyclic) bond motifs is 1. The van der Waals surface area contributed by atoms with Gasteiger partial charge in [-0.05, 0) is 47.1 Å². The fourth-order valence-electron chi connectivity index (χ4n) is 2.64. The summed E-state index contributed by atoms with van der Waals surface area (Å²) in [6, 6.07) is 7.91. The van der Waals surface area contributed by atoms with Gasteiger partial charge in [-0.2, -0.15) is 19.6 Å². The quantitative estimate of drug-likeness (QED) is 0.558. The lowest BCUT2D eigenvalue weighted by Crippen LogP contribution is -2.16. The number of hydrogen-bond acceptors (Lipinski definition) is 6. The maximum Gasteiger partial charge on any atom is 0.252 e. The molecule has 0 saturated carbocycles. The second-order valence-corrected chi connectivity index (χ2v) is 9.55. The minimum atomic E-state index is -3.55. The van der Waals surface area contributed by atoms with E-state index in [4.69, 9.17) is 0 Å². The van der Waals surface area contributed by atoms with Crippen LogP contribution in [0.25, 0.3) is 5.65 Å². The second-order valence-electron chi connectivity index (χ2n) is 6.48. The molecule has 2 heterocycles. The molecule has 0 spiro atoms. The molecular formula is C17H20IN5O2S. The molecule has 1 N–H and O–H groups in total. The van der Waals surface area contributed by atoms with Crippen LogP contribution in [0.2, 0.25) is 0 Å². The van der Waals surface area contributed by atoms with Crippen molar-refractivity contribution in [2.75, 3.05) is 11.6 Å². The highest BCUT2D eigenvalue weighted by molar-refractivity contribution is 14.1. The minimum absolute atomic E-state index is 0.0830. The third-order valence-electron chi connectivity index (χ3n) is 4.05.